The van der Waals surface area contributed by atoms with Crippen LogP contribution < -0.4 is 21.9 Å². The summed E-state index contributed by atoms with van der Waals surface area (Å²) in [6.45, 7) is 7.58. The van der Waals surface area contributed by atoms with Gasteiger partial charge >= 0.3 is 6.03 Å². The first-order valence-electron chi connectivity index (χ1n) is 11.8. The van der Waals surface area contributed by atoms with E-state index in [1.165, 1.54) is 16.7 Å². The van der Waals surface area contributed by atoms with Gasteiger partial charge in [-0.1, -0.05) is 20.8 Å². The van der Waals surface area contributed by atoms with Gasteiger partial charge in [0.25, 0.3) is 11.5 Å². The van der Waals surface area contributed by atoms with Crippen molar-refractivity contribution in [3.8, 4) is 5.88 Å². The lowest BCUT2D eigenvalue weighted by molar-refractivity contribution is -0.129. The Labute approximate surface area is 206 Å². The van der Waals surface area contributed by atoms with Gasteiger partial charge in [0.05, 0.1) is 18.8 Å². The zero-order valence-electron chi connectivity index (χ0n) is 20.5. The quantitative estimate of drug-likeness (QED) is 0.417. The van der Waals surface area contributed by atoms with Crippen molar-refractivity contribution in [2.45, 2.75) is 46.2 Å². The highest BCUT2D eigenvalue weighted by molar-refractivity contribution is 5.99. The number of hydrogen-bond acceptors (Lipinski definition) is 7. The van der Waals surface area contributed by atoms with E-state index >= 15 is 0 Å². The Balaban J connectivity index is 1.91. The third-order valence-corrected chi connectivity index (χ3v) is 5.76. The topological polar surface area (TPSA) is 173 Å². The van der Waals surface area contributed by atoms with Crippen molar-refractivity contribution in [1.29, 1.82) is 0 Å². The van der Waals surface area contributed by atoms with E-state index in [0.717, 1.165) is 17.4 Å². The first-order valence-corrected chi connectivity index (χ1v) is 11.8. The molecule has 2 fully saturated rings. The molecule has 4 amide bonds. The number of aromatic nitrogens is 3. The Morgan fingerprint density at radius 2 is 1.89 bits per heavy atom. The number of morpholine rings is 1. The van der Waals surface area contributed by atoms with Gasteiger partial charge in [-0.25, -0.2) is 4.79 Å². The maximum absolute atomic E-state index is 13.6. The molecule has 0 radical (unpaired) electrons. The van der Waals surface area contributed by atoms with E-state index in [2.05, 4.69) is 15.7 Å². The summed E-state index contributed by atoms with van der Waals surface area (Å²) in [4.78, 5) is 52.5. The first kappa shape index (κ1) is 25.2. The second-order valence-electron chi connectivity index (χ2n) is 10.2. The van der Waals surface area contributed by atoms with Crippen LogP contribution in [-0.4, -0.2) is 74.4 Å². The average Bonchev–Trinajstić information content (AvgIpc) is 3.54. The number of nitrogens with zero attached hydrogens (tertiary/aromatic N) is 4. The van der Waals surface area contributed by atoms with E-state index in [1.807, 2.05) is 20.8 Å². The Hall–Kier alpha value is -3.87. The molecule has 0 unspecified atom stereocenters. The molecule has 36 heavy (non-hydrogen) atoms. The van der Waals surface area contributed by atoms with Crippen molar-refractivity contribution >= 4 is 35.4 Å². The molecule has 1 saturated heterocycles. The number of aromatic hydroxyl groups is 1. The van der Waals surface area contributed by atoms with Gasteiger partial charge in [-0.3, -0.25) is 24.3 Å². The van der Waals surface area contributed by atoms with Crippen LogP contribution in [0.1, 0.15) is 49.5 Å². The molecule has 13 heteroatoms. The molecule has 2 aromatic heterocycles. The van der Waals surface area contributed by atoms with Crippen LogP contribution >= 0.6 is 0 Å². The van der Waals surface area contributed by atoms with Gasteiger partial charge in [0.1, 0.15) is 0 Å². The lowest BCUT2D eigenvalue weighted by Gasteiger charge is -2.25. The third kappa shape index (κ3) is 5.35. The number of rotatable bonds is 6. The Bertz CT molecular complexity index is 1290. The molecular weight excluding hydrogens is 470 g/mol. The van der Waals surface area contributed by atoms with Crippen LogP contribution in [0.2, 0.25) is 0 Å². The molecule has 2 aromatic rings. The molecular formula is C23H31N7O6. The second kappa shape index (κ2) is 9.64. The Morgan fingerprint density at radius 1 is 1.22 bits per heavy atom. The fourth-order valence-corrected chi connectivity index (χ4v) is 3.97. The summed E-state index contributed by atoms with van der Waals surface area (Å²) in [5.74, 6) is -1.75. The number of anilines is 1. The molecule has 194 valence electrons. The minimum atomic E-state index is -0.927. The van der Waals surface area contributed by atoms with Gasteiger partial charge in [-0.15, -0.1) is 5.10 Å². The van der Waals surface area contributed by atoms with Gasteiger partial charge in [-0.2, -0.15) is 4.52 Å². The van der Waals surface area contributed by atoms with Crippen molar-refractivity contribution in [2.24, 2.45) is 11.1 Å². The lowest BCUT2D eigenvalue weighted by atomic mass is 9.96. The van der Waals surface area contributed by atoms with Crippen LogP contribution in [0.15, 0.2) is 10.9 Å². The van der Waals surface area contributed by atoms with E-state index in [1.54, 1.807) is 4.90 Å². The van der Waals surface area contributed by atoms with Crippen molar-refractivity contribution < 1.29 is 24.2 Å². The number of primary amides is 1. The lowest BCUT2D eigenvalue weighted by Crippen LogP contribution is -2.39. The van der Waals surface area contributed by atoms with Crippen molar-refractivity contribution in [1.82, 2.24) is 24.4 Å². The van der Waals surface area contributed by atoms with Gasteiger partial charge < -0.3 is 25.8 Å². The van der Waals surface area contributed by atoms with E-state index in [4.69, 9.17) is 10.5 Å². The highest BCUT2D eigenvalue weighted by Gasteiger charge is 2.31. The smallest absolute Gasteiger partial charge is 0.317 e. The SMILES string of the molecule is CC(C)(C)Cn1c(=O)c(C(=O)NC2CC2)c(O)n2nc(NC(N)=O)c(C=CC(=O)N3CCOCC3)c12. The molecule has 1 aliphatic heterocycles. The standard InChI is InChI=1S/C23H31N7O6/c1-23(2,3)12-29-19-14(6-7-15(31)28-8-10-36-11-9-28)17(26-22(24)35)27-30(19)21(34)16(20(29)33)18(32)25-13-4-5-13/h6-7,13,34H,4-5,8-12H2,1-3H3,(H,25,32)(H3,24,26,27,35). The molecule has 5 N–H and O–H groups in total. The average molecular weight is 502 g/mol. The summed E-state index contributed by atoms with van der Waals surface area (Å²) in [7, 11) is 0. The van der Waals surface area contributed by atoms with Crippen molar-refractivity contribution in [2.75, 3.05) is 31.6 Å². The number of fused-ring (bicyclic) bond motifs is 1. The largest absolute Gasteiger partial charge is 0.492 e. The van der Waals surface area contributed by atoms with Crippen LogP contribution in [0.5, 0.6) is 5.88 Å². The number of ether oxygens (including phenoxy) is 1. The number of carbonyl (C=O) groups excluding carboxylic acids is 3. The molecule has 3 heterocycles. The summed E-state index contributed by atoms with van der Waals surface area (Å²) < 4.78 is 7.61. The molecule has 0 spiro atoms. The summed E-state index contributed by atoms with van der Waals surface area (Å²) in [5, 5.41) is 20.3. The second-order valence-corrected chi connectivity index (χ2v) is 10.2. The minimum Gasteiger partial charge on any atom is -0.492 e. The van der Waals surface area contributed by atoms with E-state index in [-0.39, 0.29) is 35.5 Å². The van der Waals surface area contributed by atoms with Gasteiger partial charge in [-0.05, 0) is 24.3 Å². The Morgan fingerprint density at radius 3 is 2.47 bits per heavy atom. The summed E-state index contributed by atoms with van der Waals surface area (Å²) in [6.07, 6.45) is 4.30. The number of nitrogens with one attached hydrogen (secondary N) is 2. The van der Waals surface area contributed by atoms with Crippen LogP contribution in [-0.2, 0) is 16.1 Å². The monoisotopic (exact) mass is 501 g/mol. The predicted octanol–water partition coefficient (Wildman–Crippen LogP) is 0.503. The summed E-state index contributed by atoms with van der Waals surface area (Å²) >= 11 is 0. The first-order chi connectivity index (χ1) is 17.0. The highest BCUT2D eigenvalue weighted by Crippen LogP contribution is 2.29. The fraction of sp³-hybridized carbons (Fsp3) is 0.522. The Kier molecular flexibility index (Phi) is 6.76. The van der Waals surface area contributed by atoms with Crippen molar-refractivity contribution in [3.05, 3.63) is 27.6 Å². The molecule has 1 saturated carbocycles. The number of urea groups is 1. The fourth-order valence-electron chi connectivity index (χ4n) is 3.97. The molecule has 0 bridgehead atoms. The number of hydrogen-bond donors (Lipinski definition) is 4. The number of amides is 4. The molecule has 1 aliphatic carbocycles. The van der Waals surface area contributed by atoms with Crippen LogP contribution in [0.4, 0.5) is 10.6 Å². The normalized spacial score (nSPS) is 16.5. The van der Waals surface area contributed by atoms with Crippen LogP contribution in [0.25, 0.3) is 11.7 Å². The molecule has 0 aromatic carbocycles. The van der Waals surface area contributed by atoms with Gasteiger partial charge in [0, 0.05) is 31.8 Å². The van der Waals surface area contributed by atoms with Crippen LogP contribution in [0.3, 0.4) is 0 Å². The van der Waals surface area contributed by atoms with Crippen molar-refractivity contribution in [3.63, 3.8) is 0 Å². The predicted molar refractivity (Wildman–Crippen MR) is 131 cm³/mol. The third-order valence-electron chi connectivity index (χ3n) is 5.76. The van der Waals surface area contributed by atoms with E-state index in [0.29, 0.717) is 26.3 Å². The van der Waals surface area contributed by atoms with Gasteiger partial charge in [0.15, 0.2) is 17.0 Å². The molecule has 4 rings (SSSR count). The van der Waals surface area contributed by atoms with Crippen LogP contribution in [0, 0.1) is 5.41 Å². The molecule has 13 nitrogen and oxygen atoms in total. The maximum Gasteiger partial charge on any atom is 0.317 e. The van der Waals surface area contributed by atoms with E-state index in [9.17, 15) is 24.3 Å². The number of nitrogens with two attached hydrogens (primary N) is 1. The summed E-state index contributed by atoms with van der Waals surface area (Å²) in [6, 6.07) is -0.971. The molecule has 0 atom stereocenters. The number of carbonyl (C=O) groups is 3. The molecule has 2 aliphatic rings. The van der Waals surface area contributed by atoms with E-state index < -0.39 is 34.4 Å². The summed E-state index contributed by atoms with van der Waals surface area (Å²) in [5.41, 5.74) is 4.03. The van der Waals surface area contributed by atoms with Gasteiger partial charge in [0.2, 0.25) is 11.8 Å². The zero-order valence-corrected chi connectivity index (χ0v) is 20.5. The zero-order chi connectivity index (χ0) is 26.2. The highest BCUT2D eigenvalue weighted by atomic mass is 16.5. The minimum absolute atomic E-state index is 0.0440. The maximum atomic E-state index is 13.6.